The van der Waals surface area contributed by atoms with Crippen LogP contribution in [0.5, 0.6) is 0 Å². The molecule has 3 nitrogen and oxygen atoms in total. The fraction of sp³-hybridized carbons (Fsp3) is 1.00. The van der Waals surface area contributed by atoms with Crippen LogP contribution in [0, 0.1) is 5.92 Å². The largest absolute Gasteiger partial charge is 0.377 e. The molecule has 1 saturated heterocycles. The van der Waals surface area contributed by atoms with E-state index in [-0.39, 0.29) is 0 Å². The Kier molecular flexibility index (Phi) is 8.67. The molecule has 19 heavy (non-hydrogen) atoms. The lowest BCUT2D eigenvalue weighted by atomic mass is 10.0. The predicted octanol–water partition coefficient (Wildman–Crippen LogP) is 2.90. The number of ether oxygens (including phenoxy) is 1. The van der Waals surface area contributed by atoms with E-state index in [0.29, 0.717) is 12.1 Å². The molecular formula is C16H34N2O. The molecule has 0 aromatic rings. The third-order valence-electron chi connectivity index (χ3n) is 4.51. The number of likely N-dealkylation sites (N-methyl/N-ethyl adjacent to an activating group) is 1. The maximum Gasteiger partial charge on any atom is 0.0700 e. The lowest BCUT2D eigenvalue weighted by molar-refractivity contribution is 0.106. The molecule has 1 fully saturated rings. The van der Waals surface area contributed by atoms with Gasteiger partial charge in [-0.25, -0.2) is 0 Å². The van der Waals surface area contributed by atoms with Crippen molar-refractivity contribution in [3.63, 3.8) is 0 Å². The Morgan fingerprint density at radius 1 is 1.26 bits per heavy atom. The van der Waals surface area contributed by atoms with Crippen LogP contribution in [0.15, 0.2) is 0 Å². The Balaban J connectivity index is 2.21. The van der Waals surface area contributed by atoms with Gasteiger partial charge in [-0.2, -0.15) is 0 Å². The number of nitrogens with one attached hydrogen (secondary N) is 1. The van der Waals surface area contributed by atoms with E-state index >= 15 is 0 Å². The van der Waals surface area contributed by atoms with Crippen molar-refractivity contribution in [3.05, 3.63) is 0 Å². The summed E-state index contributed by atoms with van der Waals surface area (Å²) in [6.07, 6.45) is 5.51. The van der Waals surface area contributed by atoms with Crippen molar-refractivity contribution in [2.45, 2.75) is 65.5 Å². The van der Waals surface area contributed by atoms with Crippen LogP contribution in [0.3, 0.4) is 0 Å². The second-order valence-corrected chi connectivity index (χ2v) is 5.91. The van der Waals surface area contributed by atoms with Gasteiger partial charge in [-0.3, -0.25) is 4.90 Å². The van der Waals surface area contributed by atoms with Crippen LogP contribution < -0.4 is 5.32 Å². The minimum atomic E-state index is 0.460. The average Bonchev–Trinajstić information content (AvgIpc) is 2.93. The van der Waals surface area contributed by atoms with Gasteiger partial charge in [-0.1, -0.05) is 33.6 Å². The van der Waals surface area contributed by atoms with E-state index in [1.54, 1.807) is 0 Å². The zero-order valence-electron chi connectivity index (χ0n) is 13.5. The van der Waals surface area contributed by atoms with E-state index < -0.39 is 0 Å². The summed E-state index contributed by atoms with van der Waals surface area (Å²) in [6.45, 7) is 14.7. The SMILES string of the molecule is CCC(CC)CN(CC)C(C)CNCC1CCCO1. The molecule has 2 unspecified atom stereocenters. The van der Waals surface area contributed by atoms with E-state index in [4.69, 9.17) is 4.74 Å². The molecule has 1 rings (SSSR count). The Bertz CT molecular complexity index is 213. The van der Waals surface area contributed by atoms with Crippen LogP contribution in [0.2, 0.25) is 0 Å². The molecule has 3 heteroatoms. The fourth-order valence-corrected chi connectivity index (χ4v) is 2.89. The Morgan fingerprint density at radius 3 is 2.53 bits per heavy atom. The summed E-state index contributed by atoms with van der Waals surface area (Å²) in [5.41, 5.74) is 0. The smallest absolute Gasteiger partial charge is 0.0700 e. The first-order valence-electron chi connectivity index (χ1n) is 8.27. The summed E-state index contributed by atoms with van der Waals surface area (Å²) in [5.74, 6) is 0.848. The Labute approximate surface area is 120 Å². The number of rotatable bonds is 10. The summed E-state index contributed by atoms with van der Waals surface area (Å²) < 4.78 is 5.64. The molecule has 1 heterocycles. The molecule has 0 bridgehead atoms. The molecule has 0 spiro atoms. The highest BCUT2D eigenvalue weighted by Gasteiger charge is 2.18. The highest BCUT2D eigenvalue weighted by molar-refractivity contribution is 4.74. The van der Waals surface area contributed by atoms with Crippen molar-refractivity contribution in [1.82, 2.24) is 10.2 Å². The quantitative estimate of drug-likeness (QED) is 0.660. The molecule has 1 N–H and O–H groups in total. The second kappa shape index (κ2) is 9.73. The first-order chi connectivity index (χ1) is 9.21. The van der Waals surface area contributed by atoms with Crippen LogP contribution >= 0.6 is 0 Å². The van der Waals surface area contributed by atoms with Crippen LogP contribution in [-0.4, -0.2) is 49.8 Å². The minimum absolute atomic E-state index is 0.460. The molecule has 0 aliphatic carbocycles. The van der Waals surface area contributed by atoms with Gasteiger partial charge in [0, 0.05) is 32.3 Å². The van der Waals surface area contributed by atoms with E-state index in [2.05, 4.69) is 37.9 Å². The molecule has 0 aromatic heterocycles. The van der Waals surface area contributed by atoms with Crippen LogP contribution in [0.1, 0.15) is 53.4 Å². The summed E-state index contributed by atoms with van der Waals surface area (Å²) in [7, 11) is 0. The third kappa shape index (κ3) is 6.24. The monoisotopic (exact) mass is 270 g/mol. The molecule has 0 amide bonds. The highest BCUT2D eigenvalue weighted by atomic mass is 16.5. The molecule has 114 valence electrons. The van der Waals surface area contributed by atoms with Gasteiger partial charge < -0.3 is 10.1 Å². The molecule has 1 aliphatic rings. The number of hydrogen-bond acceptors (Lipinski definition) is 3. The van der Waals surface area contributed by atoms with E-state index in [1.165, 1.54) is 32.2 Å². The van der Waals surface area contributed by atoms with Gasteiger partial charge >= 0.3 is 0 Å². The Morgan fingerprint density at radius 2 is 2.00 bits per heavy atom. The molecule has 2 atom stereocenters. The Hall–Kier alpha value is -0.120. The summed E-state index contributed by atoms with van der Waals surface area (Å²) >= 11 is 0. The minimum Gasteiger partial charge on any atom is -0.377 e. The van der Waals surface area contributed by atoms with Gasteiger partial charge in [0.15, 0.2) is 0 Å². The molecule has 1 aliphatic heterocycles. The maximum atomic E-state index is 5.64. The number of hydrogen-bond donors (Lipinski definition) is 1. The third-order valence-corrected chi connectivity index (χ3v) is 4.51. The fourth-order valence-electron chi connectivity index (χ4n) is 2.89. The first kappa shape index (κ1) is 16.9. The zero-order chi connectivity index (χ0) is 14.1. The van der Waals surface area contributed by atoms with Gasteiger partial charge in [0.2, 0.25) is 0 Å². The van der Waals surface area contributed by atoms with Crippen molar-refractivity contribution >= 4 is 0 Å². The number of nitrogens with zero attached hydrogens (tertiary/aromatic N) is 1. The van der Waals surface area contributed by atoms with Gasteiger partial charge in [0.25, 0.3) is 0 Å². The molecule has 0 saturated carbocycles. The van der Waals surface area contributed by atoms with E-state index in [1.807, 2.05) is 0 Å². The lowest BCUT2D eigenvalue weighted by Gasteiger charge is -2.31. The summed E-state index contributed by atoms with van der Waals surface area (Å²) in [5, 5.41) is 3.58. The lowest BCUT2D eigenvalue weighted by Crippen LogP contribution is -2.44. The van der Waals surface area contributed by atoms with Crippen LogP contribution in [0.4, 0.5) is 0 Å². The normalized spacial score (nSPS) is 21.5. The van der Waals surface area contributed by atoms with Crippen LogP contribution in [-0.2, 0) is 4.74 Å². The summed E-state index contributed by atoms with van der Waals surface area (Å²) in [4.78, 5) is 2.61. The molecule has 0 radical (unpaired) electrons. The van der Waals surface area contributed by atoms with Gasteiger partial charge in [0.1, 0.15) is 0 Å². The molecule has 0 aromatic carbocycles. The second-order valence-electron chi connectivity index (χ2n) is 5.91. The standard InChI is InChI=1S/C16H34N2O/c1-5-15(6-2)13-18(7-3)14(4)11-17-12-16-9-8-10-19-16/h14-17H,5-13H2,1-4H3. The van der Waals surface area contributed by atoms with Crippen molar-refractivity contribution in [2.24, 2.45) is 5.92 Å². The summed E-state index contributed by atoms with van der Waals surface area (Å²) in [6, 6.07) is 0.618. The predicted molar refractivity (Wildman–Crippen MR) is 82.6 cm³/mol. The van der Waals surface area contributed by atoms with E-state index in [0.717, 1.165) is 32.2 Å². The van der Waals surface area contributed by atoms with Crippen molar-refractivity contribution in [1.29, 1.82) is 0 Å². The first-order valence-corrected chi connectivity index (χ1v) is 8.27. The van der Waals surface area contributed by atoms with E-state index in [9.17, 15) is 0 Å². The van der Waals surface area contributed by atoms with Gasteiger partial charge in [0.05, 0.1) is 6.10 Å². The molecular weight excluding hydrogens is 236 g/mol. The maximum absolute atomic E-state index is 5.64. The van der Waals surface area contributed by atoms with Crippen molar-refractivity contribution in [3.8, 4) is 0 Å². The highest BCUT2D eigenvalue weighted by Crippen LogP contribution is 2.13. The van der Waals surface area contributed by atoms with Gasteiger partial charge in [-0.05, 0) is 32.2 Å². The van der Waals surface area contributed by atoms with Gasteiger partial charge in [-0.15, -0.1) is 0 Å². The average molecular weight is 270 g/mol. The topological polar surface area (TPSA) is 24.5 Å². The van der Waals surface area contributed by atoms with Crippen molar-refractivity contribution in [2.75, 3.05) is 32.8 Å². The van der Waals surface area contributed by atoms with Crippen molar-refractivity contribution < 1.29 is 4.74 Å². The zero-order valence-corrected chi connectivity index (χ0v) is 13.5. The van der Waals surface area contributed by atoms with Crippen LogP contribution in [0.25, 0.3) is 0 Å².